The summed E-state index contributed by atoms with van der Waals surface area (Å²) in [7, 11) is 0. The predicted octanol–water partition coefficient (Wildman–Crippen LogP) is 0.686. The minimum Gasteiger partial charge on any atom is -0.381 e. The highest BCUT2D eigenvalue weighted by atomic mass is 15.5. The molecule has 2 rings (SSSR count). The highest BCUT2D eigenvalue weighted by molar-refractivity contribution is 5.19. The molecule has 0 saturated heterocycles. The van der Waals surface area contributed by atoms with Crippen LogP contribution in [0.3, 0.4) is 0 Å². The standard InChI is InChI=1S/C9H14N6/c1-7(2)14-4-3-8(12-14)6-15-11-5-9(10)13-15/h3-5,7H,6H2,1-2H3,(H2,10,13). The van der Waals surface area contributed by atoms with E-state index in [1.165, 1.54) is 11.0 Å². The van der Waals surface area contributed by atoms with Crippen LogP contribution in [0.1, 0.15) is 25.6 Å². The Hall–Kier alpha value is -1.85. The van der Waals surface area contributed by atoms with Crippen molar-refractivity contribution in [1.29, 1.82) is 0 Å². The largest absolute Gasteiger partial charge is 0.381 e. The van der Waals surface area contributed by atoms with Crippen LogP contribution >= 0.6 is 0 Å². The van der Waals surface area contributed by atoms with E-state index in [9.17, 15) is 0 Å². The van der Waals surface area contributed by atoms with Gasteiger partial charge in [0.05, 0.1) is 11.9 Å². The number of anilines is 1. The molecule has 0 aliphatic rings. The van der Waals surface area contributed by atoms with Crippen LogP contribution in [0, 0.1) is 0 Å². The van der Waals surface area contributed by atoms with Crippen LogP contribution in [0.5, 0.6) is 0 Å². The van der Waals surface area contributed by atoms with E-state index in [0.717, 1.165) is 5.69 Å². The molecule has 0 aromatic carbocycles. The van der Waals surface area contributed by atoms with Crippen LogP contribution in [0.4, 0.5) is 5.82 Å². The Kier molecular flexibility index (Phi) is 2.40. The van der Waals surface area contributed by atoms with Gasteiger partial charge < -0.3 is 5.73 Å². The topological polar surface area (TPSA) is 74.5 Å². The molecule has 0 spiro atoms. The molecule has 80 valence electrons. The van der Waals surface area contributed by atoms with Crippen molar-refractivity contribution < 1.29 is 0 Å². The summed E-state index contributed by atoms with van der Waals surface area (Å²) in [5.41, 5.74) is 6.40. The molecule has 0 fully saturated rings. The molecule has 6 heteroatoms. The van der Waals surface area contributed by atoms with E-state index >= 15 is 0 Å². The average molecular weight is 206 g/mol. The summed E-state index contributed by atoms with van der Waals surface area (Å²) in [5.74, 6) is 0.429. The molecule has 2 aromatic heterocycles. The summed E-state index contributed by atoms with van der Waals surface area (Å²) in [6.07, 6.45) is 3.48. The number of hydrogen-bond donors (Lipinski definition) is 1. The monoisotopic (exact) mass is 206 g/mol. The van der Waals surface area contributed by atoms with Gasteiger partial charge in [0.15, 0.2) is 5.82 Å². The molecule has 15 heavy (non-hydrogen) atoms. The summed E-state index contributed by atoms with van der Waals surface area (Å²) in [6.45, 7) is 4.72. The Bertz CT molecular complexity index is 441. The lowest BCUT2D eigenvalue weighted by molar-refractivity contribution is 0.512. The Labute approximate surface area is 87.7 Å². The van der Waals surface area contributed by atoms with Gasteiger partial charge in [-0.05, 0) is 19.9 Å². The first-order valence-electron chi connectivity index (χ1n) is 4.85. The van der Waals surface area contributed by atoms with Crippen molar-refractivity contribution in [3.8, 4) is 0 Å². The zero-order valence-electron chi connectivity index (χ0n) is 8.83. The zero-order valence-corrected chi connectivity index (χ0v) is 8.83. The molecule has 6 nitrogen and oxygen atoms in total. The summed E-state index contributed by atoms with van der Waals surface area (Å²) >= 11 is 0. The summed E-state index contributed by atoms with van der Waals surface area (Å²) in [5, 5.41) is 12.4. The van der Waals surface area contributed by atoms with E-state index in [1.54, 1.807) is 0 Å². The first-order chi connectivity index (χ1) is 7.15. The molecule has 0 radical (unpaired) electrons. The maximum absolute atomic E-state index is 5.47. The molecule has 2 aromatic rings. The van der Waals surface area contributed by atoms with Crippen LogP contribution in [0.15, 0.2) is 18.5 Å². The molecule has 0 aliphatic heterocycles. The smallest absolute Gasteiger partial charge is 0.165 e. The third-order valence-corrected chi connectivity index (χ3v) is 2.05. The lowest BCUT2D eigenvalue weighted by Gasteiger charge is -2.03. The van der Waals surface area contributed by atoms with Crippen LogP contribution in [-0.2, 0) is 6.54 Å². The SMILES string of the molecule is CC(C)n1ccc(Cn2ncc(N)n2)n1. The van der Waals surface area contributed by atoms with Gasteiger partial charge in [0.2, 0.25) is 0 Å². The fourth-order valence-electron chi connectivity index (χ4n) is 1.28. The van der Waals surface area contributed by atoms with Crippen LogP contribution in [0.2, 0.25) is 0 Å². The van der Waals surface area contributed by atoms with Gasteiger partial charge in [-0.1, -0.05) is 0 Å². The van der Waals surface area contributed by atoms with Gasteiger partial charge in [-0.25, -0.2) is 0 Å². The van der Waals surface area contributed by atoms with Gasteiger partial charge in [-0.15, -0.1) is 5.10 Å². The fraction of sp³-hybridized carbons (Fsp3) is 0.444. The fourth-order valence-corrected chi connectivity index (χ4v) is 1.28. The maximum Gasteiger partial charge on any atom is 0.165 e. The van der Waals surface area contributed by atoms with E-state index in [2.05, 4.69) is 29.1 Å². The van der Waals surface area contributed by atoms with Crippen molar-refractivity contribution in [2.24, 2.45) is 0 Å². The lowest BCUT2D eigenvalue weighted by Crippen LogP contribution is -2.07. The molecule has 2 heterocycles. The Morgan fingerprint density at radius 3 is 2.73 bits per heavy atom. The van der Waals surface area contributed by atoms with E-state index in [4.69, 9.17) is 5.73 Å². The van der Waals surface area contributed by atoms with Crippen molar-refractivity contribution in [3.63, 3.8) is 0 Å². The molecule has 0 bridgehead atoms. The first kappa shape index (κ1) is 9.70. The van der Waals surface area contributed by atoms with Crippen LogP contribution in [0.25, 0.3) is 0 Å². The van der Waals surface area contributed by atoms with E-state index in [0.29, 0.717) is 18.4 Å². The number of hydrogen-bond acceptors (Lipinski definition) is 4. The van der Waals surface area contributed by atoms with E-state index in [-0.39, 0.29) is 0 Å². The van der Waals surface area contributed by atoms with Gasteiger partial charge in [0.1, 0.15) is 6.54 Å². The average Bonchev–Trinajstić information content (AvgIpc) is 2.76. The molecule has 0 atom stereocenters. The van der Waals surface area contributed by atoms with Crippen molar-refractivity contribution in [3.05, 3.63) is 24.2 Å². The Morgan fingerprint density at radius 1 is 1.40 bits per heavy atom. The molecule has 2 N–H and O–H groups in total. The van der Waals surface area contributed by atoms with Gasteiger partial charge >= 0.3 is 0 Å². The molecule has 0 unspecified atom stereocenters. The van der Waals surface area contributed by atoms with Gasteiger partial charge in [0, 0.05) is 12.2 Å². The molecule has 0 aliphatic carbocycles. The number of nitrogens with two attached hydrogens (primary N) is 1. The summed E-state index contributed by atoms with van der Waals surface area (Å²) in [6, 6.07) is 2.33. The Balaban J connectivity index is 2.11. The second-order valence-electron chi connectivity index (χ2n) is 3.68. The van der Waals surface area contributed by atoms with Crippen molar-refractivity contribution in [1.82, 2.24) is 24.8 Å². The summed E-state index contributed by atoms with van der Waals surface area (Å²) < 4.78 is 1.90. The minimum atomic E-state index is 0.370. The minimum absolute atomic E-state index is 0.370. The quantitative estimate of drug-likeness (QED) is 0.801. The zero-order chi connectivity index (χ0) is 10.8. The maximum atomic E-state index is 5.47. The third-order valence-electron chi connectivity index (χ3n) is 2.05. The van der Waals surface area contributed by atoms with Crippen molar-refractivity contribution >= 4 is 5.82 Å². The first-order valence-corrected chi connectivity index (χ1v) is 4.85. The van der Waals surface area contributed by atoms with Crippen molar-refractivity contribution in [2.45, 2.75) is 26.4 Å². The van der Waals surface area contributed by atoms with Crippen molar-refractivity contribution in [2.75, 3.05) is 5.73 Å². The normalized spacial score (nSPS) is 11.1. The van der Waals surface area contributed by atoms with Crippen LogP contribution in [-0.4, -0.2) is 24.8 Å². The number of rotatable bonds is 3. The number of nitrogens with zero attached hydrogens (tertiary/aromatic N) is 5. The molecule has 0 amide bonds. The highest BCUT2D eigenvalue weighted by Crippen LogP contribution is 2.05. The second-order valence-corrected chi connectivity index (χ2v) is 3.68. The Morgan fingerprint density at radius 2 is 2.20 bits per heavy atom. The summed E-state index contributed by atoms with van der Waals surface area (Å²) in [4.78, 5) is 1.53. The second kappa shape index (κ2) is 3.72. The van der Waals surface area contributed by atoms with E-state index < -0.39 is 0 Å². The van der Waals surface area contributed by atoms with Gasteiger partial charge in [-0.3, -0.25) is 4.68 Å². The highest BCUT2D eigenvalue weighted by Gasteiger charge is 2.04. The predicted molar refractivity (Wildman–Crippen MR) is 56.1 cm³/mol. The molecular formula is C9H14N6. The molecule has 0 saturated carbocycles. The number of aromatic nitrogens is 5. The van der Waals surface area contributed by atoms with Gasteiger partial charge in [0.25, 0.3) is 0 Å². The van der Waals surface area contributed by atoms with E-state index in [1.807, 2.05) is 16.9 Å². The van der Waals surface area contributed by atoms with Gasteiger partial charge in [-0.2, -0.15) is 15.0 Å². The lowest BCUT2D eigenvalue weighted by atomic mass is 10.4. The third kappa shape index (κ3) is 2.15. The van der Waals surface area contributed by atoms with Crippen LogP contribution < -0.4 is 5.73 Å². The molecular weight excluding hydrogens is 192 g/mol. The number of nitrogen functional groups attached to an aromatic ring is 1.